The maximum atomic E-state index is 12.6. The van der Waals surface area contributed by atoms with Gasteiger partial charge >= 0.3 is 6.03 Å². The Labute approximate surface area is 163 Å². The van der Waals surface area contributed by atoms with E-state index in [-0.39, 0.29) is 5.91 Å². The number of anilines is 1. The highest BCUT2D eigenvalue weighted by molar-refractivity contribution is 7.20. The Morgan fingerprint density at radius 2 is 1.85 bits per heavy atom. The number of primary amides is 1. The van der Waals surface area contributed by atoms with Crippen molar-refractivity contribution in [3.8, 4) is 16.2 Å². The molecule has 8 heteroatoms. The second-order valence-corrected chi connectivity index (χ2v) is 6.91. The minimum Gasteiger partial charge on any atom is -0.497 e. The van der Waals surface area contributed by atoms with Crippen molar-refractivity contribution in [1.82, 2.24) is 10.2 Å². The predicted octanol–water partition coefficient (Wildman–Crippen LogP) is 2.99. The summed E-state index contributed by atoms with van der Waals surface area (Å²) in [6, 6.07) is 8.57. The van der Waals surface area contributed by atoms with Crippen LogP contribution in [-0.2, 0) is 0 Å². The van der Waals surface area contributed by atoms with Crippen LogP contribution >= 0.6 is 11.3 Å². The van der Waals surface area contributed by atoms with Crippen LogP contribution in [0.15, 0.2) is 30.3 Å². The summed E-state index contributed by atoms with van der Waals surface area (Å²) in [6.45, 7) is 7.33. The summed E-state index contributed by atoms with van der Waals surface area (Å²) in [5.74, 6) is 0.516. The molecule has 0 aliphatic heterocycles. The topological polar surface area (TPSA) is 96.7 Å². The first kappa shape index (κ1) is 20.7. The lowest BCUT2D eigenvalue weighted by Crippen LogP contribution is -2.35. The van der Waals surface area contributed by atoms with E-state index in [1.807, 2.05) is 24.3 Å². The van der Waals surface area contributed by atoms with Crippen LogP contribution in [-0.4, -0.2) is 50.1 Å². The molecule has 1 heterocycles. The molecule has 0 bridgehead atoms. The van der Waals surface area contributed by atoms with Crippen molar-refractivity contribution >= 4 is 28.3 Å². The average Bonchev–Trinajstić information content (AvgIpc) is 3.08. The molecule has 1 aromatic carbocycles. The smallest absolute Gasteiger partial charge is 0.317 e. The monoisotopic (exact) mass is 390 g/mol. The highest BCUT2D eigenvalue weighted by Gasteiger charge is 2.18. The van der Waals surface area contributed by atoms with Gasteiger partial charge in [0, 0.05) is 18.0 Å². The normalized spacial score (nSPS) is 10.7. The van der Waals surface area contributed by atoms with Crippen molar-refractivity contribution in [2.45, 2.75) is 13.8 Å². The summed E-state index contributed by atoms with van der Waals surface area (Å²) in [4.78, 5) is 27.0. The SMILES string of the molecule is CCN(CC)CCNC(=O)c1cc(-c2ccc(OC)cc2)sc1NC(N)=O. The highest BCUT2D eigenvalue weighted by atomic mass is 32.1. The van der Waals surface area contributed by atoms with Gasteiger partial charge in [-0.15, -0.1) is 11.3 Å². The van der Waals surface area contributed by atoms with Crippen LogP contribution in [0.5, 0.6) is 5.75 Å². The van der Waals surface area contributed by atoms with Gasteiger partial charge in [0.15, 0.2) is 0 Å². The summed E-state index contributed by atoms with van der Waals surface area (Å²) >= 11 is 1.31. The van der Waals surface area contributed by atoms with E-state index in [0.717, 1.165) is 35.8 Å². The number of nitrogens with two attached hydrogens (primary N) is 1. The molecule has 1 aromatic heterocycles. The molecule has 0 spiro atoms. The molecular formula is C19H26N4O3S. The van der Waals surface area contributed by atoms with Gasteiger partial charge in [0.2, 0.25) is 0 Å². The van der Waals surface area contributed by atoms with Gasteiger partial charge in [-0.3, -0.25) is 10.1 Å². The molecule has 7 nitrogen and oxygen atoms in total. The van der Waals surface area contributed by atoms with Gasteiger partial charge in [-0.2, -0.15) is 0 Å². The van der Waals surface area contributed by atoms with Crippen molar-refractivity contribution < 1.29 is 14.3 Å². The van der Waals surface area contributed by atoms with Crippen molar-refractivity contribution in [1.29, 1.82) is 0 Å². The Morgan fingerprint density at radius 1 is 1.19 bits per heavy atom. The fourth-order valence-electron chi connectivity index (χ4n) is 2.62. The summed E-state index contributed by atoms with van der Waals surface area (Å²) in [5.41, 5.74) is 6.59. The highest BCUT2D eigenvalue weighted by Crippen LogP contribution is 2.36. The molecular weight excluding hydrogens is 364 g/mol. The van der Waals surface area contributed by atoms with Gasteiger partial charge in [0.1, 0.15) is 10.8 Å². The Bertz CT molecular complexity index is 770. The van der Waals surface area contributed by atoms with Crippen molar-refractivity contribution in [2.75, 3.05) is 38.6 Å². The maximum Gasteiger partial charge on any atom is 0.317 e. The van der Waals surface area contributed by atoms with Crippen molar-refractivity contribution in [3.05, 3.63) is 35.9 Å². The second kappa shape index (κ2) is 9.94. The van der Waals surface area contributed by atoms with E-state index in [4.69, 9.17) is 10.5 Å². The number of nitrogens with zero attached hydrogens (tertiary/aromatic N) is 1. The molecule has 27 heavy (non-hydrogen) atoms. The summed E-state index contributed by atoms with van der Waals surface area (Å²) < 4.78 is 5.17. The number of hydrogen-bond acceptors (Lipinski definition) is 5. The molecule has 0 fully saturated rings. The zero-order chi connectivity index (χ0) is 19.8. The first-order valence-corrected chi connectivity index (χ1v) is 9.65. The summed E-state index contributed by atoms with van der Waals surface area (Å²) in [7, 11) is 1.61. The molecule has 3 amide bonds. The van der Waals surface area contributed by atoms with Crippen LogP contribution in [0.1, 0.15) is 24.2 Å². The van der Waals surface area contributed by atoms with Crippen LogP contribution in [0, 0.1) is 0 Å². The largest absolute Gasteiger partial charge is 0.497 e. The number of nitrogens with one attached hydrogen (secondary N) is 2. The Kier molecular flexibility index (Phi) is 7.63. The maximum absolute atomic E-state index is 12.6. The third kappa shape index (κ3) is 5.70. The van der Waals surface area contributed by atoms with Crippen LogP contribution in [0.2, 0.25) is 0 Å². The third-order valence-corrected chi connectivity index (χ3v) is 5.30. The molecule has 0 atom stereocenters. The number of amides is 3. The lowest BCUT2D eigenvalue weighted by atomic mass is 10.1. The number of rotatable bonds is 9. The number of urea groups is 1. The average molecular weight is 391 g/mol. The molecule has 0 saturated heterocycles. The number of likely N-dealkylation sites (N-methyl/N-ethyl adjacent to an activating group) is 1. The number of thiophene rings is 1. The lowest BCUT2D eigenvalue weighted by molar-refractivity contribution is 0.0950. The minimum absolute atomic E-state index is 0.234. The fourth-order valence-corrected chi connectivity index (χ4v) is 3.69. The van der Waals surface area contributed by atoms with E-state index in [1.165, 1.54) is 11.3 Å². The third-order valence-electron chi connectivity index (χ3n) is 4.20. The van der Waals surface area contributed by atoms with Crippen LogP contribution in [0.4, 0.5) is 9.80 Å². The number of carbonyl (C=O) groups is 2. The zero-order valence-electron chi connectivity index (χ0n) is 15.9. The number of carbonyl (C=O) groups excluding carboxylic acids is 2. The minimum atomic E-state index is -0.699. The van der Waals surface area contributed by atoms with Gasteiger partial charge < -0.3 is 20.7 Å². The molecule has 2 rings (SSSR count). The molecule has 146 valence electrons. The molecule has 0 saturated carbocycles. The molecule has 0 aliphatic rings. The van der Waals surface area contributed by atoms with E-state index in [2.05, 4.69) is 29.4 Å². The Morgan fingerprint density at radius 3 is 2.41 bits per heavy atom. The number of hydrogen-bond donors (Lipinski definition) is 3. The lowest BCUT2D eigenvalue weighted by Gasteiger charge is -2.17. The van der Waals surface area contributed by atoms with E-state index in [1.54, 1.807) is 13.2 Å². The van der Waals surface area contributed by atoms with Crippen molar-refractivity contribution in [3.63, 3.8) is 0 Å². The fraction of sp³-hybridized carbons (Fsp3) is 0.368. The van der Waals surface area contributed by atoms with Crippen LogP contribution < -0.4 is 21.1 Å². The van der Waals surface area contributed by atoms with Crippen molar-refractivity contribution in [2.24, 2.45) is 5.73 Å². The molecule has 0 aliphatic carbocycles. The number of methoxy groups -OCH3 is 1. The van der Waals surface area contributed by atoms with E-state index < -0.39 is 6.03 Å². The first-order chi connectivity index (χ1) is 13.0. The van der Waals surface area contributed by atoms with Gasteiger partial charge in [-0.05, 0) is 49.0 Å². The Balaban J connectivity index is 2.18. The second-order valence-electron chi connectivity index (χ2n) is 5.85. The van der Waals surface area contributed by atoms with Gasteiger partial charge in [-0.1, -0.05) is 13.8 Å². The summed E-state index contributed by atoms with van der Waals surface area (Å²) in [6.07, 6.45) is 0. The molecule has 0 radical (unpaired) electrons. The van der Waals surface area contributed by atoms with Gasteiger partial charge in [-0.25, -0.2) is 4.79 Å². The zero-order valence-corrected chi connectivity index (χ0v) is 16.7. The summed E-state index contributed by atoms with van der Waals surface area (Å²) in [5, 5.41) is 5.90. The Hall–Kier alpha value is -2.58. The number of benzene rings is 1. The molecule has 0 unspecified atom stereocenters. The van der Waals surface area contributed by atoms with Gasteiger partial charge in [0.05, 0.1) is 12.7 Å². The first-order valence-electron chi connectivity index (χ1n) is 8.83. The number of ether oxygens (including phenoxy) is 1. The van der Waals surface area contributed by atoms with Gasteiger partial charge in [0.25, 0.3) is 5.91 Å². The quantitative estimate of drug-likeness (QED) is 0.613. The van der Waals surface area contributed by atoms with Crippen LogP contribution in [0.3, 0.4) is 0 Å². The predicted molar refractivity (Wildman–Crippen MR) is 110 cm³/mol. The van der Waals surface area contributed by atoms with E-state index in [0.29, 0.717) is 17.1 Å². The standard InChI is InChI=1S/C19H26N4O3S/c1-4-23(5-2)11-10-21-17(24)15-12-16(27-18(15)22-19(20)25)13-6-8-14(26-3)9-7-13/h6-9,12H,4-5,10-11H2,1-3H3,(H,21,24)(H3,20,22,25). The van der Waals surface area contributed by atoms with Crippen LogP contribution in [0.25, 0.3) is 10.4 Å². The molecule has 4 N–H and O–H groups in total. The van der Waals surface area contributed by atoms with E-state index >= 15 is 0 Å². The van der Waals surface area contributed by atoms with E-state index in [9.17, 15) is 9.59 Å². The molecule has 2 aromatic rings.